The van der Waals surface area contributed by atoms with E-state index in [-0.39, 0.29) is 19.1 Å². The summed E-state index contributed by atoms with van der Waals surface area (Å²) in [6, 6.07) is 21.4. The highest BCUT2D eigenvalue weighted by Gasteiger charge is 2.34. The Morgan fingerprint density at radius 3 is 2.38 bits per heavy atom. The number of nitrogens with one attached hydrogen (secondary N) is 2. The molecule has 0 aliphatic carbocycles. The number of ether oxygens (including phenoxy) is 2. The molecule has 1 atom stereocenters. The van der Waals surface area contributed by atoms with E-state index in [1.165, 1.54) is 6.08 Å². The first-order chi connectivity index (χ1) is 17.7. The van der Waals surface area contributed by atoms with E-state index in [0.717, 1.165) is 5.56 Å². The molecule has 0 aliphatic heterocycles. The molecule has 3 aromatic carbocycles. The number of anilines is 3. The van der Waals surface area contributed by atoms with Gasteiger partial charge in [0.05, 0.1) is 18.0 Å². The van der Waals surface area contributed by atoms with Crippen LogP contribution in [-0.2, 0) is 9.53 Å². The number of carbonyl (C=O) groups excluding carboxylic acids is 2. The molecule has 0 unspecified atom stereocenters. The van der Waals surface area contributed by atoms with E-state index in [1.54, 1.807) is 66.7 Å². The van der Waals surface area contributed by atoms with Crippen molar-refractivity contribution in [1.29, 1.82) is 0 Å². The van der Waals surface area contributed by atoms with Gasteiger partial charge in [-0.25, -0.2) is 4.79 Å². The van der Waals surface area contributed by atoms with Gasteiger partial charge in [-0.1, -0.05) is 68.0 Å². The van der Waals surface area contributed by atoms with Crippen molar-refractivity contribution in [2.24, 2.45) is 5.41 Å². The van der Waals surface area contributed by atoms with Gasteiger partial charge in [0.1, 0.15) is 18.5 Å². The summed E-state index contributed by atoms with van der Waals surface area (Å²) in [6.45, 7) is 5.56. The summed E-state index contributed by atoms with van der Waals surface area (Å²) in [5.74, 6) is 0.0892. The van der Waals surface area contributed by atoms with Crippen molar-refractivity contribution < 1.29 is 24.2 Å². The topological polar surface area (TPSA) is 123 Å². The average Bonchev–Trinajstić information content (AvgIpc) is 2.88. The lowest BCUT2D eigenvalue weighted by molar-refractivity contribution is -0.112. The smallest absolute Gasteiger partial charge is 0.412 e. The van der Waals surface area contributed by atoms with Crippen LogP contribution < -0.4 is 21.1 Å². The zero-order valence-corrected chi connectivity index (χ0v) is 21.2. The van der Waals surface area contributed by atoms with Crippen LogP contribution in [0.5, 0.6) is 5.75 Å². The van der Waals surface area contributed by atoms with Gasteiger partial charge in [-0.3, -0.25) is 10.1 Å². The number of rotatable bonds is 10. The molecular weight excluding hydrogens is 470 g/mol. The summed E-state index contributed by atoms with van der Waals surface area (Å²) in [7, 11) is 0. The molecule has 0 saturated carbocycles. The van der Waals surface area contributed by atoms with Crippen molar-refractivity contribution in [3.63, 3.8) is 0 Å². The minimum absolute atomic E-state index is 0.0798. The molecule has 0 spiro atoms. The van der Waals surface area contributed by atoms with Gasteiger partial charge in [0, 0.05) is 16.7 Å². The van der Waals surface area contributed by atoms with E-state index in [1.807, 2.05) is 32.9 Å². The second-order valence-electron chi connectivity index (χ2n) is 9.12. The molecule has 0 aromatic heterocycles. The van der Waals surface area contributed by atoms with Crippen molar-refractivity contribution in [2.75, 3.05) is 29.6 Å². The largest absolute Gasteiger partial charge is 0.491 e. The highest BCUT2D eigenvalue weighted by Crippen LogP contribution is 2.42. The van der Waals surface area contributed by atoms with Gasteiger partial charge in [-0.05, 0) is 43.3 Å². The average molecular weight is 504 g/mol. The molecule has 194 valence electrons. The summed E-state index contributed by atoms with van der Waals surface area (Å²) in [4.78, 5) is 25.6. The summed E-state index contributed by atoms with van der Waals surface area (Å²) in [5.41, 5.74) is 8.28. The maximum atomic E-state index is 12.9. The maximum Gasteiger partial charge on any atom is 0.412 e. The number of para-hydroxylation sites is 3. The van der Waals surface area contributed by atoms with Crippen LogP contribution in [0.1, 0.15) is 31.1 Å². The minimum atomic E-state index is -0.844. The van der Waals surface area contributed by atoms with Crippen LogP contribution in [-0.4, -0.2) is 30.3 Å². The third kappa shape index (κ3) is 7.85. The highest BCUT2D eigenvalue weighted by molar-refractivity contribution is 6.01. The molecule has 0 fully saturated rings. The van der Waals surface area contributed by atoms with E-state index in [2.05, 4.69) is 10.6 Å². The molecule has 0 heterocycles. The quantitative estimate of drug-likeness (QED) is 0.215. The molecule has 0 saturated heterocycles. The number of hydrogen-bond acceptors (Lipinski definition) is 6. The van der Waals surface area contributed by atoms with Gasteiger partial charge in [-0.15, -0.1) is 0 Å². The van der Waals surface area contributed by atoms with E-state index in [9.17, 15) is 14.7 Å². The fraction of sp³-hybridized carbons (Fsp3) is 0.241. The molecule has 0 bridgehead atoms. The maximum absolute atomic E-state index is 12.9. The SMILES string of the molecule is Cc1ccc(NC(=O)O[C@@H](c2ccccc2OCCO)C(C)(C)/C=C/C(=O)Nc2ccccc2N)cc1. The van der Waals surface area contributed by atoms with Crippen molar-refractivity contribution in [3.8, 4) is 5.75 Å². The second kappa shape index (κ2) is 12.6. The Kier molecular flexibility index (Phi) is 9.29. The van der Waals surface area contributed by atoms with Crippen LogP contribution in [0.15, 0.2) is 84.9 Å². The fourth-order valence-corrected chi connectivity index (χ4v) is 3.65. The first kappa shape index (κ1) is 27.3. The van der Waals surface area contributed by atoms with Crippen LogP contribution in [0.4, 0.5) is 21.9 Å². The monoisotopic (exact) mass is 503 g/mol. The molecular formula is C29H33N3O5. The highest BCUT2D eigenvalue weighted by atomic mass is 16.6. The number of nitrogens with two attached hydrogens (primary N) is 1. The summed E-state index contributed by atoms with van der Waals surface area (Å²) in [6.07, 6.45) is 1.57. The van der Waals surface area contributed by atoms with Crippen molar-refractivity contribution in [2.45, 2.75) is 26.9 Å². The number of aryl methyl sites for hydroxylation is 1. The summed E-state index contributed by atoms with van der Waals surface area (Å²) in [5, 5.41) is 14.8. The van der Waals surface area contributed by atoms with Crippen LogP contribution >= 0.6 is 0 Å². The lowest BCUT2D eigenvalue weighted by atomic mass is 9.81. The molecule has 3 rings (SSSR count). The Balaban J connectivity index is 1.87. The molecule has 8 heteroatoms. The lowest BCUT2D eigenvalue weighted by Gasteiger charge is -2.32. The van der Waals surface area contributed by atoms with Crippen LogP contribution in [0, 0.1) is 12.3 Å². The van der Waals surface area contributed by atoms with Crippen LogP contribution in [0.3, 0.4) is 0 Å². The van der Waals surface area contributed by atoms with Gasteiger partial charge >= 0.3 is 6.09 Å². The zero-order valence-electron chi connectivity index (χ0n) is 21.2. The van der Waals surface area contributed by atoms with Gasteiger partial charge in [0.15, 0.2) is 0 Å². The van der Waals surface area contributed by atoms with Crippen molar-refractivity contribution in [3.05, 3.63) is 96.1 Å². The van der Waals surface area contributed by atoms with Crippen LogP contribution in [0.2, 0.25) is 0 Å². The molecule has 2 amide bonds. The predicted molar refractivity (Wildman–Crippen MR) is 145 cm³/mol. The minimum Gasteiger partial charge on any atom is -0.491 e. The predicted octanol–water partition coefficient (Wildman–Crippen LogP) is 5.46. The molecule has 5 N–H and O–H groups in total. The molecule has 0 radical (unpaired) electrons. The van der Waals surface area contributed by atoms with E-state index in [4.69, 9.17) is 15.2 Å². The lowest BCUT2D eigenvalue weighted by Crippen LogP contribution is -2.28. The molecule has 3 aromatic rings. The number of nitrogen functional groups attached to an aromatic ring is 1. The van der Waals surface area contributed by atoms with E-state index in [0.29, 0.717) is 28.4 Å². The Labute approximate surface area is 217 Å². The van der Waals surface area contributed by atoms with E-state index < -0.39 is 17.6 Å². The van der Waals surface area contributed by atoms with E-state index >= 15 is 0 Å². The number of aliphatic hydroxyl groups is 1. The van der Waals surface area contributed by atoms with Crippen molar-refractivity contribution in [1.82, 2.24) is 0 Å². The summed E-state index contributed by atoms with van der Waals surface area (Å²) >= 11 is 0. The Morgan fingerprint density at radius 1 is 1.00 bits per heavy atom. The van der Waals surface area contributed by atoms with Gasteiger partial charge in [0.25, 0.3) is 0 Å². The third-order valence-corrected chi connectivity index (χ3v) is 5.63. The fourth-order valence-electron chi connectivity index (χ4n) is 3.65. The van der Waals surface area contributed by atoms with Crippen molar-refractivity contribution >= 4 is 29.1 Å². The van der Waals surface area contributed by atoms with Gasteiger partial charge in [0.2, 0.25) is 5.91 Å². The zero-order chi connectivity index (χ0) is 26.8. The van der Waals surface area contributed by atoms with Gasteiger partial charge in [-0.2, -0.15) is 0 Å². The number of hydrogen-bond donors (Lipinski definition) is 4. The Morgan fingerprint density at radius 2 is 1.68 bits per heavy atom. The third-order valence-electron chi connectivity index (χ3n) is 5.63. The Hall–Kier alpha value is -4.30. The first-order valence-electron chi connectivity index (χ1n) is 11.9. The second-order valence-corrected chi connectivity index (χ2v) is 9.12. The number of aliphatic hydroxyl groups excluding tert-OH is 1. The molecule has 0 aliphatic rings. The van der Waals surface area contributed by atoms with Crippen LogP contribution in [0.25, 0.3) is 0 Å². The number of carbonyl (C=O) groups is 2. The van der Waals surface area contributed by atoms with Gasteiger partial charge < -0.3 is 25.6 Å². The normalized spacial score (nSPS) is 12.1. The summed E-state index contributed by atoms with van der Waals surface area (Å²) < 4.78 is 11.6. The standard InChI is InChI=1S/C29H33N3O5/c1-20-12-14-21(15-13-20)31-28(35)37-27(22-8-4-7-11-25(22)36-19-18-33)29(2,3)17-16-26(34)32-24-10-6-5-9-23(24)30/h4-17,27,33H,18-19,30H2,1-3H3,(H,31,35)(H,32,34)/b17-16+/t27-/m0/s1. The molecule has 37 heavy (non-hydrogen) atoms. The Bertz CT molecular complexity index is 1240. The first-order valence-corrected chi connectivity index (χ1v) is 11.9. The number of benzene rings is 3. The number of amides is 2. The molecule has 8 nitrogen and oxygen atoms in total.